The van der Waals surface area contributed by atoms with E-state index in [4.69, 9.17) is 10.3 Å². The lowest BCUT2D eigenvalue weighted by Crippen LogP contribution is -2.46. The second-order valence-electron chi connectivity index (χ2n) is 8.38. The molecular formula is C22H29N5O3. The molecule has 3 heterocycles. The molecule has 2 saturated heterocycles. The van der Waals surface area contributed by atoms with Crippen molar-refractivity contribution in [2.75, 3.05) is 26.2 Å². The van der Waals surface area contributed by atoms with Crippen LogP contribution in [0.4, 0.5) is 0 Å². The van der Waals surface area contributed by atoms with Crippen molar-refractivity contribution >= 4 is 11.8 Å². The van der Waals surface area contributed by atoms with Gasteiger partial charge in [-0.25, -0.2) is 0 Å². The summed E-state index contributed by atoms with van der Waals surface area (Å²) in [6.07, 6.45) is 3.02. The molecule has 8 heteroatoms. The number of carbonyl (C=O) groups excluding carboxylic acids is 2. The summed E-state index contributed by atoms with van der Waals surface area (Å²) < 4.78 is 5.46. The molecule has 30 heavy (non-hydrogen) atoms. The summed E-state index contributed by atoms with van der Waals surface area (Å²) in [5, 5.41) is 4.13. The lowest BCUT2D eigenvalue weighted by molar-refractivity contribution is -0.140. The van der Waals surface area contributed by atoms with Gasteiger partial charge in [0.15, 0.2) is 0 Å². The fourth-order valence-electron chi connectivity index (χ4n) is 4.42. The normalized spacial score (nSPS) is 19.2. The maximum Gasteiger partial charge on any atom is 0.241 e. The summed E-state index contributed by atoms with van der Waals surface area (Å²) >= 11 is 0. The fourth-order valence-corrected chi connectivity index (χ4v) is 4.42. The molecule has 1 aromatic heterocycles. The molecule has 2 aliphatic rings. The number of primary amides is 1. The Hall–Kier alpha value is -2.74. The number of nitrogens with zero attached hydrogens (tertiary/aromatic N) is 4. The van der Waals surface area contributed by atoms with E-state index in [-0.39, 0.29) is 23.7 Å². The van der Waals surface area contributed by atoms with Gasteiger partial charge in [-0.3, -0.25) is 14.5 Å². The van der Waals surface area contributed by atoms with Crippen LogP contribution in [0.2, 0.25) is 0 Å². The molecule has 2 fully saturated rings. The quantitative estimate of drug-likeness (QED) is 0.806. The number of benzene rings is 1. The number of aryl methyl sites for hydroxylation is 1. The molecular weight excluding hydrogens is 382 g/mol. The second-order valence-corrected chi connectivity index (χ2v) is 8.38. The average molecular weight is 412 g/mol. The summed E-state index contributed by atoms with van der Waals surface area (Å²) in [5.41, 5.74) is 7.48. The first-order valence-corrected chi connectivity index (χ1v) is 10.7. The Morgan fingerprint density at radius 3 is 2.40 bits per heavy atom. The number of piperidine rings is 2. The largest absolute Gasteiger partial charge is 0.369 e. The van der Waals surface area contributed by atoms with E-state index < -0.39 is 0 Å². The number of amides is 2. The van der Waals surface area contributed by atoms with Crippen molar-refractivity contribution in [3.63, 3.8) is 0 Å². The molecule has 0 atom stereocenters. The first-order valence-electron chi connectivity index (χ1n) is 10.7. The molecule has 0 radical (unpaired) electrons. The molecule has 0 spiro atoms. The predicted octanol–water partition coefficient (Wildman–Crippen LogP) is 1.98. The highest BCUT2D eigenvalue weighted by atomic mass is 16.5. The monoisotopic (exact) mass is 411 g/mol. The van der Waals surface area contributed by atoms with Gasteiger partial charge in [0.1, 0.15) is 0 Å². The predicted molar refractivity (Wildman–Crippen MR) is 111 cm³/mol. The van der Waals surface area contributed by atoms with Crippen LogP contribution in [-0.2, 0) is 16.1 Å². The highest BCUT2D eigenvalue weighted by Crippen LogP contribution is 2.25. The zero-order valence-corrected chi connectivity index (χ0v) is 17.4. The SMILES string of the molecule is Cc1ccccc1-c1noc(CN2CCC(C(=O)N3CCC(C(N)=O)CC3)CC2)n1. The molecule has 2 N–H and O–H groups in total. The summed E-state index contributed by atoms with van der Waals surface area (Å²) in [6.45, 7) is 5.56. The van der Waals surface area contributed by atoms with Gasteiger partial charge in [-0.05, 0) is 51.3 Å². The minimum absolute atomic E-state index is 0.0524. The Kier molecular flexibility index (Phi) is 6.13. The van der Waals surface area contributed by atoms with Gasteiger partial charge in [0.25, 0.3) is 0 Å². The van der Waals surface area contributed by atoms with Crippen molar-refractivity contribution in [3.8, 4) is 11.4 Å². The van der Waals surface area contributed by atoms with Gasteiger partial charge in [0.05, 0.1) is 6.54 Å². The number of carbonyl (C=O) groups is 2. The zero-order chi connectivity index (χ0) is 21.1. The van der Waals surface area contributed by atoms with E-state index in [0.29, 0.717) is 44.2 Å². The van der Waals surface area contributed by atoms with E-state index >= 15 is 0 Å². The third kappa shape index (κ3) is 4.53. The third-order valence-electron chi connectivity index (χ3n) is 6.36. The summed E-state index contributed by atoms with van der Waals surface area (Å²) in [4.78, 5) is 32.9. The van der Waals surface area contributed by atoms with E-state index in [1.165, 1.54) is 0 Å². The molecule has 1 aromatic carbocycles. The Morgan fingerprint density at radius 1 is 1.07 bits per heavy atom. The van der Waals surface area contributed by atoms with Crippen LogP contribution in [0.25, 0.3) is 11.4 Å². The van der Waals surface area contributed by atoms with Gasteiger partial charge in [0.2, 0.25) is 23.5 Å². The topological polar surface area (TPSA) is 106 Å². The fraction of sp³-hybridized carbons (Fsp3) is 0.545. The van der Waals surface area contributed by atoms with Crippen LogP contribution >= 0.6 is 0 Å². The number of hydrogen-bond donors (Lipinski definition) is 1. The summed E-state index contributed by atoms with van der Waals surface area (Å²) in [7, 11) is 0. The average Bonchev–Trinajstić information content (AvgIpc) is 3.22. The van der Waals surface area contributed by atoms with E-state index in [1.54, 1.807) is 0 Å². The number of nitrogens with two attached hydrogens (primary N) is 1. The Bertz CT molecular complexity index is 896. The lowest BCUT2D eigenvalue weighted by Gasteiger charge is -2.36. The van der Waals surface area contributed by atoms with Crippen molar-refractivity contribution < 1.29 is 14.1 Å². The number of likely N-dealkylation sites (tertiary alicyclic amines) is 2. The standard InChI is InChI=1S/C22H29N5O3/c1-15-4-2-3-5-18(15)21-24-19(30-25-21)14-26-10-6-17(7-11-26)22(29)27-12-8-16(9-13-27)20(23)28/h2-5,16-17H,6-14H2,1H3,(H2,23,28). The van der Waals surface area contributed by atoms with Gasteiger partial charge >= 0.3 is 0 Å². The molecule has 2 amide bonds. The van der Waals surface area contributed by atoms with Gasteiger partial charge < -0.3 is 15.2 Å². The number of aromatic nitrogens is 2. The molecule has 0 bridgehead atoms. The third-order valence-corrected chi connectivity index (χ3v) is 6.36. The second kappa shape index (κ2) is 8.95. The van der Waals surface area contributed by atoms with Crippen LogP contribution in [0.1, 0.15) is 37.1 Å². The lowest BCUT2D eigenvalue weighted by atomic mass is 9.92. The molecule has 0 aliphatic carbocycles. The van der Waals surface area contributed by atoms with Gasteiger partial charge in [-0.2, -0.15) is 4.98 Å². The highest BCUT2D eigenvalue weighted by molar-refractivity contribution is 5.80. The summed E-state index contributed by atoms with van der Waals surface area (Å²) in [5.74, 6) is 1.16. The van der Waals surface area contributed by atoms with E-state index in [0.717, 1.165) is 37.1 Å². The molecule has 2 aromatic rings. The first-order chi connectivity index (χ1) is 14.5. The van der Waals surface area contributed by atoms with E-state index in [1.807, 2.05) is 36.1 Å². The maximum atomic E-state index is 12.8. The van der Waals surface area contributed by atoms with Gasteiger partial charge in [-0.15, -0.1) is 0 Å². The van der Waals surface area contributed by atoms with Crippen molar-refractivity contribution in [3.05, 3.63) is 35.7 Å². The van der Waals surface area contributed by atoms with Crippen LogP contribution in [0.15, 0.2) is 28.8 Å². The van der Waals surface area contributed by atoms with Crippen LogP contribution in [0.5, 0.6) is 0 Å². The van der Waals surface area contributed by atoms with Crippen molar-refractivity contribution in [1.82, 2.24) is 19.9 Å². The molecule has 0 unspecified atom stereocenters. The molecule has 4 rings (SSSR count). The highest BCUT2D eigenvalue weighted by Gasteiger charge is 2.32. The van der Waals surface area contributed by atoms with Crippen molar-refractivity contribution in [1.29, 1.82) is 0 Å². The maximum absolute atomic E-state index is 12.8. The van der Waals surface area contributed by atoms with Crippen molar-refractivity contribution in [2.45, 2.75) is 39.2 Å². The van der Waals surface area contributed by atoms with Crippen LogP contribution in [0, 0.1) is 18.8 Å². The van der Waals surface area contributed by atoms with E-state index in [9.17, 15) is 9.59 Å². The Morgan fingerprint density at radius 2 is 1.73 bits per heavy atom. The number of rotatable bonds is 5. The Balaban J connectivity index is 1.27. The van der Waals surface area contributed by atoms with Crippen LogP contribution in [0.3, 0.4) is 0 Å². The Labute approximate surface area is 176 Å². The van der Waals surface area contributed by atoms with Crippen molar-refractivity contribution in [2.24, 2.45) is 17.6 Å². The zero-order valence-electron chi connectivity index (χ0n) is 17.4. The first kappa shape index (κ1) is 20.5. The van der Waals surface area contributed by atoms with E-state index in [2.05, 4.69) is 15.0 Å². The van der Waals surface area contributed by atoms with Gasteiger partial charge in [-0.1, -0.05) is 29.4 Å². The minimum atomic E-state index is -0.248. The smallest absolute Gasteiger partial charge is 0.241 e. The molecule has 160 valence electrons. The minimum Gasteiger partial charge on any atom is -0.369 e. The van der Waals surface area contributed by atoms with Crippen LogP contribution < -0.4 is 5.73 Å². The molecule has 0 saturated carbocycles. The molecule has 8 nitrogen and oxygen atoms in total. The van der Waals surface area contributed by atoms with Gasteiger partial charge in [0, 0.05) is 30.5 Å². The van der Waals surface area contributed by atoms with Crippen LogP contribution in [-0.4, -0.2) is 57.9 Å². The number of hydrogen-bond acceptors (Lipinski definition) is 6. The summed E-state index contributed by atoms with van der Waals surface area (Å²) in [6, 6.07) is 7.98. The molecule has 2 aliphatic heterocycles.